The molecule has 0 aliphatic heterocycles. The number of aryl methyl sites for hydroxylation is 1. The second-order valence-corrected chi connectivity index (χ2v) is 4.46. The van der Waals surface area contributed by atoms with E-state index in [1.54, 1.807) is 0 Å². The van der Waals surface area contributed by atoms with E-state index >= 15 is 0 Å². The van der Waals surface area contributed by atoms with Crippen LogP contribution in [0.4, 0.5) is 0 Å². The summed E-state index contributed by atoms with van der Waals surface area (Å²) in [6.07, 6.45) is 0. The molecule has 0 saturated heterocycles. The molecule has 2 nitrogen and oxygen atoms in total. The van der Waals surface area contributed by atoms with Gasteiger partial charge in [-0.1, -0.05) is 54.6 Å². The van der Waals surface area contributed by atoms with Gasteiger partial charge in [0.15, 0.2) is 0 Å². The van der Waals surface area contributed by atoms with Gasteiger partial charge in [0.25, 0.3) is 0 Å². The van der Waals surface area contributed by atoms with Gasteiger partial charge in [-0.05, 0) is 23.6 Å². The maximum atomic E-state index is 6.07. The highest BCUT2D eigenvalue weighted by Gasteiger charge is 2.05. The van der Waals surface area contributed by atoms with Crippen LogP contribution in [0.2, 0.25) is 0 Å². The first-order valence-corrected chi connectivity index (χ1v) is 6.20. The predicted molar refractivity (Wildman–Crippen MR) is 74.2 cm³/mol. The SMILES string of the molecule is Cc1ccccc1COCC(N)c1ccccc1. The van der Waals surface area contributed by atoms with Crippen LogP contribution >= 0.6 is 0 Å². The fourth-order valence-electron chi connectivity index (χ4n) is 1.86. The van der Waals surface area contributed by atoms with Crippen molar-refractivity contribution < 1.29 is 4.74 Å². The lowest BCUT2D eigenvalue weighted by atomic mass is 10.1. The van der Waals surface area contributed by atoms with E-state index in [1.807, 2.05) is 42.5 Å². The van der Waals surface area contributed by atoms with Crippen LogP contribution < -0.4 is 5.73 Å². The second kappa shape index (κ2) is 6.34. The molecule has 94 valence electrons. The third kappa shape index (κ3) is 3.42. The Labute approximate surface area is 108 Å². The Balaban J connectivity index is 1.84. The quantitative estimate of drug-likeness (QED) is 0.872. The van der Waals surface area contributed by atoms with Crippen molar-refractivity contribution in [3.05, 3.63) is 71.3 Å². The Morgan fingerprint density at radius 1 is 1.00 bits per heavy atom. The molecule has 0 aromatic heterocycles. The zero-order chi connectivity index (χ0) is 12.8. The summed E-state index contributed by atoms with van der Waals surface area (Å²) in [7, 11) is 0. The molecule has 0 fully saturated rings. The fraction of sp³-hybridized carbons (Fsp3) is 0.250. The lowest BCUT2D eigenvalue weighted by Crippen LogP contribution is -2.17. The Hall–Kier alpha value is -1.64. The number of nitrogens with two attached hydrogens (primary N) is 1. The highest BCUT2D eigenvalue weighted by atomic mass is 16.5. The molecule has 2 heteroatoms. The predicted octanol–water partition coefficient (Wildman–Crippen LogP) is 3.21. The monoisotopic (exact) mass is 241 g/mol. The van der Waals surface area contributed by atoms with Gasteiger partial charge in [-0.15, -0.1) is 0 Å². The zero-order valence-corrected chi connectivity index (χ0v) is 10.7. The van der Waals surface area contributed by atoms with Gasteiger partial charge < -0.3 is 10.5 Å². The molecule has 2 aromatic rings. The normalized spacial score (nSPS) is 12.3. The van der Waals surface area contributed by atoms with Crippen molar-refractivity contribution in [3.8, 4) is 0 Å². The van der Waals surface area contributed by atoms with Crippen LogP contribution in [0.5, 0.6) is 0 Å². The van der Waals surface area contributed by atoms with Crippen LogP contribution in [-0.4, -0.2) is 6.61 Å². The molecular formula is C16H19NO. The van der Waals surface area contributed by atoms with Crippen molar-refractivity contribution in [3.63, 3.8) is 0 Å². The van der Waals surface area contributed by atoms with E-state index in [9.17, 15) is 0 Å². The molecule has 0 amide bonds. The molecule has 0 aliphatic carbocycles. The van der Waals surface area contributed by atoms with E-state index in [4.69, 9.17) is 10.5 Å². The van der Waals surface area contributed by atoms with E-state index in [2.05, 4.69) is 19.1 Å². The Morgan fingerprint density at radius 3 is 2.39 bits per heavy atom. The summed E-state index contributed by atoms with van der Waals surface area (Å²) in [5.74, 6) is 0. The summed E-state index contributed by atoms with van der Waals surface area (Å²) in [5.41, 5.74) is 9.66. The summed E-state index contributed by atoms with van der Waals surface area (Å²) < 4.78 is 5.69. The van der Waals surface area contributed by atoms with Gasteiger partial charge in [0.05, 0.1) is 19.3 Å². The van der Waals surface area contributed by atoms with E-state index in [-0.39, 0.29) is 6.04 Å². The number of ether oxygens (including phenoxy) is 1. The molecule has 0 spiro atoms. The third-order valence-corrected chi connectivity index (χ3v) is 3.04. The minimum atomic E-state index is -0.0600. The Bertz CT molecular complexity index is 481. The molecule has 0 aliphatic rings. The molecule has 2 N–H and O–H groups in total. The second-order valence-electron chi connectivity index (χ2n) is 4.46. The van der Waals surface area contributed by atoms with Crippen LogP contribution in [0, 0.1) is 6.92 Å². The molecule has 0 saturated carbocycles. The lowest BCUT2D eigenvalue weighted by molar-refractivity contribution is 0.107. The van der Waals surface area contributed by atoms with Gasteiger partial charge in [0.1, 0.15) is 0 Å². The number of benzene rings is 2. The Morgan fingerprint density at radius 2 is 1.67 bits per heavy atom. The van der Waals surface area contributed by atoms with Crippen LogP contribution in [0.15, 0.2) is 54.6 Å². The number of hydrogen-bond donors (Lipinski definition) is 1. The number of rotatable bonds is 5. The van der Waals surface area contributed by atoms with Crippen LogP contribution in [-0.2, 0) is 11.3 Å². The molecule has 0 heterocycles. The van der Waals surface area contributed by atoms with Crippen molar-refractivity contribution in [2.45, 2.75) is 19.6 Å². The fourth-order valence-corrected chi connectivity index (χ4v) is 1.86. The minimum absolute atomic E-state index is 0.0600. The maximum Gasteiger partial charge on any atom is 0.0720 e. The van der Waals surface area contributed by atoms with Gasteiger partial charge in [-0.25, -0.2) is 0 Å². The zero-order valence-electron chi connectivity index (χ0n) is 10.7. The maximum absolute atomic E-state index is 6.07. The summed E-state index contributed by atoms with van der Waals surface area (Å²) in [6, 6.07) is 18.2. The molecule has 0 radical (unpaired) electrons. The highest BCUT2D eigenvalue weighted by Crippen LogP contribution is 2.12. The van der Waals surface area contributed by atoms with Crippen LogP contribution in [0.25, 0.3) is 0 Å². The van der Waals surface area contributed by atoms with Crippen LogP contribution in [0.3, 0.4) is 0 Å². The van der Waals surface area contributed by atoms with Crippen molar-refractivity contribution >= 4 is 0 Å². The summed E-state index contributed by atoms with van der Waals surface area (Å²) >= 11 is 0. The molecule has 2 aromatic carbocycles. The standard InChI is InChI=1S/C16H19NO/c1-13-7-5-6-10-15(13)11-18-12-16(17)14-8-3-2-4-9-14/h2-10,16H,11-12,17H2,1H3. The van der Waals surface area contributed by atoms with Gasteiger partial charge in [-0.2, -0.15) is 0 Å². The average molecular weight is 241 g/mol. The molecular weight excluding hydrogens is 222 g/mol. The van der Waals surface area contributed by atoms with E-state index in [1.165, 1.54) is 11.1 Å². The topological polar surface area (TPSA) is 35.2 Å². The van der Waals surface area contributed by atoms with E-state index in [0.717, 1.165) is 5.56 Å². The van der Waals surface area contributed by atoms with Gasteiger partial charge in [0, 0.05) is 0 Å². The van der Waals surface area contributed by atoms with Gasteiger partial charge in [-0.3, -0.25) is 0 Å². The summed E-state index contributed by atoms with van der Waals surface area (Å²) in [5, 5.41) is 0. The van der Waals surface area contributed by atoms with Crippen molar-refractivity contribution in [2.24, 2.45) is 5.73 Å². The van der Waals surface area contributed by atoms with Gasteiger partial charge >= 0.3 is 0 Å². The number of hydrogen-bond acceptors (Lipinski definition) is 2. The third-order valence-electron chi connectivity index (χ3n) is 3.04. The van der Waals surface area contributed by atoms with Crippen molar-refractivity contribution in [1.29, 1.82) is 0 Å². The summed E-state index contributed by atoms with van der Waals surface area (Å²) in [6.45, 7) is 3.25. The van der Waals surface area contributed by atoms with Crippen molar-refractivity contribution in [2.75, 3.05) is 6.61 Å². The summed E-state index contributed by atoms with van der Waals surface area (Å²) in [4.78, 5) is 0. The average Bonchev–Trinajstić information content (AvgIpc) is 2.42. The smallest absolute Gasteiger partial charge is 0.0720 e. The van der Waals surface area contributed by atoms with Crippen LogP contribution in [0.1, 0.15) is 22.7 Å². The largest absolute Gasteiger partial charge is 0.375 e. The molecule has 0 bridgehead atoms. The van der Waals surface area contributed by atoms with E-state index in [0.29, 0.717) is 13.2 Å². The lowest BCUT2D eigenvalue weighted by Gasteiger charge is -2.13. The molecule has 18 heavy (non-hydrogen) atoms. The molecule has 1 unspecified atom stereocenters. The Kier molecular flexibility index (Phi) is 4.51. The van der Waals surface area contributed by atoms with Gasteiger partial charge in [0.2, 0.25) is 0 Å². The first kappa shape index (κ1) is 12.8. The first-order chi connectivity index (χ1) is 8.77. The van der Waals surface area contributed by atoms with Crippen molar-refractivity contribution in [1.82, 2.24) is 0 Å². The minimum Gasteiger partial charge on any atom is -0.375 e. The highest BCUT2D eigenvalue weighted by molar-refractivity contribution is 5.24. The first-order valence-electron chi connectivity index (χ1n) is 6.20. The van der Waals surface area contributed by atoms with E-state index < -0.39 is 0 Å². The molecule has 1 atom stereocenters. The molecule has 2 rings (SSSR count).